The first-order valence-corrected chi connectivity index (χ1v) is 4.13. The van der Waals surface area contributed by atoms with Gasteiger partial charge >= 0.3 is 0 Å². The second-order valence-corrected chi connectivity index (χ2v) is 3.58. The molecule has 0 aromatic carbocycles. The number of rotatable bonds is 5. The second kappa shape index (κ2) is 4.99. The van der Waals surface area contributed by atoms with Crippen molar-refractivity contribution in [3.05, 3.63) is 12.7 Å². The Labute approximate surface area is 78.3 Å². The third-order valence-corrected chi connectivity index (χ3v) is 1.82. The van der Waals surface area contributed by atoms with E-state index >= 15 is 0 Å². The van der Waals surface area contributed by atoms with E-state index in [2.05, 4.69) is 11.9 Å². The second-order valence-electron chi connectivity index (χ2n) is 3.58. The molecule has 0 radical (unpaired) electrons. The normalized spacial score (nSPS) is 13.5. The molecule has 0 fully saturated rings. The third kappa shape index (κ3) is 3.57. The molecule has 0 aromatic heterocycles. The van der Waals surface area contributed by atoms with Gasteiger partial charge in [-0.1, -0.05) is 19.9 Å². The monoisotopic (exact) mass is 187 g/mol. The fraction of sp³-hybridized carbons (Fsp3) is 0.667. The molecule has 4 heteroatoms. The molecule has 1 unspecified atom stereocenters. The van der Waals surface area contributed by atoms with Crippen LogP contribution in [0.3, 0.4) is 0 Å². The van der Waals surface area contributed by atoms with Crippen LogP contribution in [-0.2, 0) is 4.79 Å². The lowest BCUT2D eigenvalue weighted by Crippen LogP contribution is -2.45. The standard InChI is InChI=1S/C9H17NO3/c1-4-5-10-8(13)7(12)9(2,3)6-11/h4,7,11-12H,1,5-6H2,2-3H3,(H,10,13). The van der Waals surface area contributed by atoms with Crippen LogP contribution in [0.4, 0.5) is 0 Å². The molecule has 0 saturated carbocycles. The van der Waals surface area contributed by atoms with Crippen LogP contribution in [0.5, 0.6) is 0 Å². The highest BCUT2D eigenvalue weighted by molar-refractivity contribution is 5.81. The van der Waals surface area contributed by atoms with Gasteiger partial charge in [0, 0.05) is 12.0 Å². The summed E-state index contributed by atoms with van der Waals surface area (Å²) in [6.45, 7) is 6.74. The van der Waals surface area contributed by atoms with Gasteiger partial charge in [-0.05, 0) is 0 Å². The Kier molecular flexibility index (Phi) is 4.66. The number of aliphatic hydroxyl groups excluding tert-OH is 2. The van der Waals surface area contributed by atoms with Crippen molar-refractivity contribution in [3.8, 4) is 0 Å². The Morgan fingerprint density at radius 3 is 2.62 bits per heavy atom. The zero-order valence-electron chi connectivity index (χ0n) is 8.08. The molecule has 0 spiro atoms. The van der Waals surface area contributed by atoms with Gasteiger partial charge in [0.2, 0.25) is 5.91 Å². The van der Waals surface area contributed by atoms with Crippen LogP contribution in [0.15, 0.2) is 12.7 Å². The highest BCUT2D eigenvalue weighted by Crippen LogP contribution is 2.19. The molecule has 1 atom stereocenters. The van der Waals surface area contributed by atoms with Crippen LogP contribution < -0.4 is 5.32 Å². The highest BCUT2D eigenvalue weighted by atomic mass is 16.3. The Morgan fingerprint density at radius 1 is 1.69 bits per heavy atom. The number of hydrogen-bond donors (Lipinski definition) is 3. The van der Waals surface area contributed by atoms with E-state index in [0.29, 0.717) is 6.54 Å². The van der Waals surface area contributed by atoms with E-state index in [-0.39, 0.29) is 6.61 Å². The SMILES string of the molecule is C=CCNC(=O)C(O)C(C)(C)CO. The molecule has 0 saturated heterocycles. The molecular formula is C9H17NO3. The summed E-state index contributed by atoms with van der Waals surface area (Å²) in [5.41, 5.74) is -0.814. The molecule has 3 N–H and O–H groups in total. The first-order chi connectivity index (χ1) is 5.95. The maximum absolute atomic E-state index is 11.2. The van der Waals surface area contributed by atoms with Crippen molar-refractivity contribution in [2.24, 2.45) is 5.41 Å². The summed E-state index contributed by atoms with van der Waals surface area (Å²) in [5, 5.41) is 20.8. The molecule has 1 amide bonds. The van der Waals surface area contributed by atoms with E-state index in [1.165, 1.54) is 6.08 Å². The minimum Gasteiger partial charge on any atom is -0.396 e. The van der Waals surface area contributed by atoms with Gasteiger partial charge in [-0.2, -0.15) is 0 Å². The lowest BCUT2D eigenvalue weighted by molar-refractivity contribution is -0.136. The van der Waals surface area contributed by atoms with E-state index in [1.54, 1.807) is 13.8 Å². The zero-order chi connectivity index (χ0) is 10.5. The maximum atomic E-state index is 11.2. The van der Waals surface area contributed by atoms with E-state index in [0.717, 1.165) is 0 Å². The number of carbonyl (C=O) groups excluding carboxylic acids is 1. The maximum Gasteiger partial charge on any atom is 0.249 e. The topological polar surface area (TPSA) is 69.6 Å². The van der Waals surface area contributed by atoms with Gasteiger partial charge in [-0.3, -0.25) is 4.79 Å². The van der Waals surface area contributed by atoms with Crippen molar-refractivity contribution >= 4 is 5.91 Å². The third-order valence-electron chi connectivity index (χ3n) is 1.82. The molecule has 0 aliphatic heterocycles. The molecular weight excluding hydrogens is 170 g/mol. The average molecular weight is 187 g/mol. The fourth-order valence-electron chi connectivity index (χ4n) is 0.711. The van der Waals surface area contributed by atoms with E-state index in [4.69, 9.17) is 5.11 Å². The number of amides is 1. The number of nitrogens with one attached hydrogen (secondary N) is 1. The number of hydrogen-bond acceptors (Lipinski definition) is 3. The van der Waals surface area contributed by atoms with Crippen molar-refractivity contribution in [2.75, 3.05) is 13.2 Å². The zero-order valence-corrected chi connectivity index (χ0v) is 8.08. The van der Waals surface area contributed by atoms with E-state index in [9.17, 15) is 9.90 Å². The first kappa shape index (κ1) is 12.1. The molecule has 0 heterocycles. The van der Waals surface area contributed by atoms with Gasteiger partial charge in [-0.25, -0.2) is 0 Å². The van der Waals surface area contributed by atoms with Gasteiger partial charge < -0.3 is 15.5 Å². The number of aliphatic hydroxyl groups is 2. The largest absolute Gasteiger partial charge is 0.396 e. The quantitative estimate of drug-likeness (QED) is 0.516. The predicted molar refractivity (Wildman–Crippen MR) is 50.1 cm³/mol. The molecule has 13 heavy (non-hydrogen) atoms. The van der Waals surface area contributed by atoms with Gasteiger partial charge in [-0.15, -0.1) is 6.58 Å². The lowest BCUT2D eigenvalue weighted by atomic mass is 9.87. The van der Waals surface area contributed by atoms with Crippen molar-refractivity contribution in [3.63, 3.8) is 0 Å². The van der Waals surface area contributed by atoms with Crippen LogP contribution in [-0.4, -0.2) is 35.4 Å². The molecule has 0 rings (SSSR count). The van der Waals surface area contributed by atoms with E-state index < -0.39 is 17.4 Å². The minimum atomic E-state index is -1.20. The summed E-state index contributed by atoms with van der Waals surface area (Å²) in [7, 11) is 0. The first-order valence-electron chi connectivity index (χ1n) is 4.13. The molecule has 0 bridgehead atoms. The molecule has 0 aliphatic carbocycles. The highest BCUT2D eigenvalue weighted by Gasteiger charge is 2.32. The Morgan fingerprint density at radius 2 is 2.23 bits per heavy atom. The predicted octanol–water partition coefficient (Wildman–Crippen LogP) is -0.332. The van der Waals surface area contributed by atoms with Crippen molar-refractivity contribution < 1.29 is 15.0 Å². The van der Waals surface area contributed by atoms with Gasteiger partial charge in [0.1, 0.15) is 6.10 Å². The fourth-order valence-corrected chi connectivity index (χ4v) is 0.711. The summed E-state index contributed by atoms with van der Waals surface area (Å²) < 4.78 is 0. The van der Waals surface area contributed by atoms with Crippen LogP contribution in [0.2, 0.25) is 0 Å². The minimum absolute atomic E-state index is 0.240. The molecule has 76 valence electrons. The summed E-state index contributed by atoms with van der Waals surface area (Å²) in [6.07, 6.45) is 0.328. The van der Waals surface area contributed by atoms with Crippen molar-refractivity contribution in [1.82, 2.24) is 5.32 Å². The smallest absolute Gasteiger partial charge is 0.249 e. The number of carbonyl (C=O) groups is 1. The average Bonchev–Trinajstić information content (AvgIpc) is 2.12. The Balaban J connectivity index is 4.16. The Bertz CT molecular complexity index is 189. The summed E-state index contributed by atoms with van der Waals surface area (Å²) in [6, 6.07) is 0. The molecule has 0 aliphatic rings. The summed E-state index contributed by atoms with van der Waals surface area (Å²) >= 11 is 0. The van der Waals surface area contributed by atoms with Crippen LogP contribution in [0.25, 0.3) is 0 Å². The van der Waals surface area contributed by atoms with Gasteiger partial charge in [0.05, 0.1) is 6.61 Å². The van der Waals surface area contributed by atoms with Crippen molar-refractivity contribution in [2.45, 2.75) is 20.0 Å². The van der Waals surface area contributed by atoms with Crippen LogP contribution in [0.1, 0.15) is 13.8 Å². The summed E-state index contributed by atoms with van der Waals surface area (Å²) in [5.74, 6) is -0.487. The Hall–Kier alpha value is -0.870. The summed E-state index contributed by atoms with van der Waals surface area (Å²) in [4.78, 5) is 11.2. The van der Waals surface area contributed by atoms with E-state index in [1.807, 2.05) is 0 Å². The van der Waals surface area contributed by atoms with Gasteiger partial charge in [0.15, 0.2) is 0 Å². The lowest BCUT2D eigenvalue weighted by Gasteiger charge is -2.26. The molecule has 0 aromatic rings. The van der Waals surface area contributed by atoms with Crippen LogP contribution >= 0.6 is 0 Å². The molecule has 4 nitrogen and oxygen atoms in total. The van der Waals surface area contributed by atoms with Gasteiger partial charge in [0.25, 0.3) is 0 Å². The van der Waals surface area contributed by atoms with Crippen LogP contribution in [0, 0.1) is 5.41 Å². The van der Waals surface area contributed by atoms with Crippen molar-refractivity contribution in [1.29, 1.82) is 0 Å².